The first-order valence-electron chi connectivity index (χ1n) is 15.7. The summed E-state index contributed by atoms with van der Waals surface area (Å²) in [5.41, 5.74) is 3.42. The highest BCUT2D eigenvalue weighted by atomic mass is 19.1. The summed E-state index contributed by atoms with van der Waals surface area (Å²) in [6.45, 7) is 6.39. The third-order valence-corrected chi connectivity index (χ3v) is 9.22. The number of phenolic OH excluding ortho intramolecular Hbond substituents is 1. The van der Waals surface area contributed by atoms with Gasteiger partial charge in [0.25, 0.3) is 0 Å². The number of halogens is 1. The van der Waals surface area contributed by atoms with Crippen LogP contribution in [0.25, 0.3) is 0 Å². The molecule has 5 rings (SSSR count). The molecule has 2 aromatic carbocycles. The first-order chi connectivity index (χ1) is 20.9. The van der Waals surface area contributed by atoms with Crippen LogP contribution in [0.3, 0.4) is 0 Å². The molecule has 234 valence electrons. The molecule has 2 aliphatic carbocycles. The fourth-order valence-corrected chi connectivity index (χ4v) is 6.86. The van der Waals surface area contributed by atoms with Gasteiger partial charge in [-0.3, -0.25) is 4.90 Å². The Bertz CT molecular complexity index is 1290. The summed E-state index contributed by atoms with van der Waals surface area (Å²) in [5, 5.41) is 9.97. The Morgan fingerprint density at radius 1 is 1.02 bits per heavy atom. The van der Waals surface area contributed by atoms with E-state index in [0.29, 0.717) is 37.5 Å². The molecule has 0 saturated carbocycles. The van der Waals surface area contributed by atoms with Gasteiger partial charge in [0.15, 0.2) is 23.1 Å². The molecular formula is C35H47FN2O5. The Morgan fingerprint density at radius 3 is 2.56 bits per heavy atom. The van der Waals surface area contributed by atoms with Gasteiger partial charge < -0.3 is 29.0 Å². The van der Waals surface area contributed by atoms with Crippen molar-refractivity contribution in [2.24, 2.45) is 11.8 Å². The van der Waals surface area contributed by atoms with Gasteiger partial charge >= 0.3 is 0 Å². The van der Waals surface area contributed by atoms with Crippen molar-refractivity contribution in [2.75, 3.05) is 54.1 Å². The van der Waals surface area contributed by atoms with Crippen molar-refractivity contribution in [2.45, 2.75) is 57.7 Å². The van der Waals surface area contributed by atoms with Crippen LogP contribution < -0.4 is 4.74 Å². The molecule has 1 heterocycles. The Hall–Kier alpha value is -3.07. The van der Waals surface area contributed by atoms with Gasteiger partial charge in [0.2, 0.25) is 0 Å². The van der Waals surface area contributed by atoms with Crippen LogP contribution in [0.4, 0.5) is 4.39 Å². The zero-order valence-electron chi connectivity index (χ0n) is 26.1. The molecule has 43 heavy (non-hydrogen) atoms. The van der Waals surface area contributed by atoms with Gasteiger partial charge in [-0.2, -0.15) is 0 Å². The molecule has 7 nitrogen and oxygen atoms in total. The van der Waals surface area contributed by atoms with E-state index in [-0.39, 0.29) is 23.5 Å². The standard InChI is InChI=1S/C35H47FN2O5/c1-5-38(22-24-8-13-33(31(36)17-24)43-16-14-37(2)23-29-7-6-15-42-29)32-21-35(41-4)34(40-3)20-30(32)27-10-9-26-19-28(39)12-11-25(26)18-27/h8,11-13,17,19-21,27,29-30,32,39H,5-7,9-10,14-16,18,22-23H2,1-4H3/t27-,29+,30?,32?/m1/s1. The highest BCUT2D eigenvalue weighted by molar-refractivity contribution is 5.38. The topological polar surface area (TPSA) is 63.6 Å². The predicted octanol–water partition coefficient (Wildman–Crippen LogP) is 5.71. The quantitative estimate of drug-likeness (QED) is 0.319. The molecule has 8 heteroatoms. The maximum absolute atomic E-state index is 15.2. The highest BCUT2D eigenvalue weighted by Gasteiger charge is 2.37. The average molecular weight is 595 g/mol. The van der Waals surface area contributed by atoms with Crippen LogP contribution in [0.2, 0.25) is 0 Å². The number of ether oxygens (including phenoxy) is 4. The molecule has 0 bridgehead atoms. The molecule has 2 unspecified atom stereocenters. The van der Waals surface area contributed by atoms with Crippen LogP contribution in [0.1, 0.15) is 42.9 Å². The number of hydrogen-bond donors (Lipinski definition) is 1. The third kappa shape index (κ3) is 7.72. The second kappa shape index (κ2) is 14.6. The summed E-state index contributed by atoms with van der Waals surface area (Å²) in [6, 6.07) is 11.1. The van der Waals surface area contributed by atoms with Crippen LogP contribution in [0.15, 0.2) is 60.1 Å². The van der Waals surface area contributed by atoms with E-state index in [0.717, 1.165) is 68.9 Å². The number of hydrogen-bond acceptors (Lipinski definition) is 7. The number of fused-ring (bicyclic) bond motifs is 1. The number of nitrogens with zero attached hydrogens (tertiary/aromatic N) is 2. The van der Waals surface area contributed by atoms with Crippen LogP contribution in [0, 0.1) is 17.7 Å². The lowest BCUT2D eigenvalue weighted by atomic mass is 9.72. The minimum absolute atomic E-state index is 0.0564. The molecule has 4 atom stereocenters. The summed E-state index contributed by atoms with van der Waals surface area (Å²) >= 11 is 0. The fourth-order valence-electron chi connectivity index (χ4n) is 6.86. The second-order valence-electron chi connectivity index (χ2n) is 12.1. The summed E-state index contributed by atoms with van der Waals surface area (Å²) < 4.78 is 38.2. The lowest BCUT2D eigenvalue weighted by Crippen LogP contribution is -2.44. The Kier molecular flexibility index (Phi) is 10.6. The van der Waals surface area contributed by atoms with E-state index in [2.05, 4.69) is 34.9 Å². The summed E-state index contributed by atoms with van der Waals surface area (Å²) in [4.78, 5) is 4.57. The molecule has 0 amide bonds. The van der Waals surface area contributed by atoms with E-state index in [1.54, 1.807) is 32.4 Å². The molecule has 1 saturated heterocycles. The van der Waals surface area contributed by atoms with Crippen LogP contribution in [0.5, 0.6) is 11.5 Å². The number of aromatic hydroxyl groups is 1. The number of rotatable bonds is 13. The number of aryl methyl sites for hydroxylation is 1. The molecule has 3 aliphatic rings. The smallest absolute Gasteiger partial charge is 0.165 e. The zero-order valence-corrected chi connectivity index (χ0v) is 26.1. The van der Waals surface area contributed by atoms with E-state index >= 15 is 4.39 Å². The van der Waals surface area contributed by atoms with Gasteiger partial charge in [0.1, 0.15) is 12.4 Å². The Morgan fingerprint density at radius 2 is 1.84 bits per heavy atom. The second-order valence-corrected chi connectivity index (χ2v) is 12.1. The van der Waals surface area contributed by atoms with Gasteiger partial charge in [-0.1, -0.05) is 19.1 Å². The third-order valence-electron chi connectivity index (χ3n) is 9.22. The molecule has 1 aliphatic heterocycles. The van der Waals surface area contributed by atoms with Gasteiger partial charge in [-0.05, 0) is 105 Å². The SMILES string of the molecule is CCN(Cc1ccc(OCCN(C)C[C@@H]2CCCO2)c(F)c1)C1C=C(OC)C(OC)=CC1[C@@H]1CCc2cc(O)ccc2C1. The minimum Gasteiger partial charge on any atom is -0.508 e. The summed E-state index contributed by atoms with van der Waals surface area (Å²) in [6.07, 6.45) is 9.78. The van der Waals surface area contributed by atoms with Gasteiger partial charge in [-0.15, -0.1) is 0 Å². The average Bonchev–Trinajstić information content (AvgIpc) is 3.53. The normalized spacial score (nSPS) is 23.6. The summed E-state index contributed by atoms with van der Waals surface area (Å²) in [7, 11) is 5.40. The Labute approximate surface area is 255 Å². The first kappa shape index (κ1) is 31.4. The first-order valence-corrected chi connectivity index (χ1v) is 15.7. The molecule has 0 spiro atoms. The summed E-state index contributed by atoms with van der Waals surface area (Å²) in [5.74, 6) is 2.33. The number of phenols is 1. The molecule has 1 N–H and O–H groups in total. The van der Waals surface area contributed by atoms with E-state index in [9.17, 15) is 5.11 Å². The van der Waals surface area contributed by atoms with E-state index < -0.39 is 0 Å². The maximum Gasteiger partial charge on any atom is 0.165 e. The lowest BCUT2D eigenvalue weighted by molar-refractivity contribution is 0.0769. The molecule has 0 aromatic heterocycles. The monoisotopic (exact) mass is 594 g/mol. The fraction of sp³-hybridized carbons (Fsp3) is 0.543. The van der Waals surface area contributed by atoms with E-state index in [1.165, 1.54) is 11.1 Å². The molecule has 1 fully saturated rings. The molecule has 2 aromatic rings. The molecule has 0 radical (unpaired) electrons. The van der Waals surface area contributed by atoms with Gasteiger partial charge in [0.05, 0.1) is 20.3 Å². The van der Waals surface area contributed by atoms with Crippen LogP contribution in [-0.4, -0.2) is 81.2 Å². The minimum atomic E-state index is -0.336. The van der Waals surface area contributed by atoms with Crippen molar-refractivity contribution >= 4 is 0 Å². The van der Waals surface area contributed by atoms with Gasteiger partial charge in [-0.25, -0.2) is 4.39 Å². The van der Waals surface area contributed by atoms with Crippen molar-refractivity contribution in [1.82, 2.24) is 9.80 Å². The van der Waals surface area contributed by atoms with Gasteiger partial charge in [0, 0.05) is 38.2 Å². The lowest BCUT2D eigenvalue weighted by Gasteiger charge is -2.41. The van der Waals surface area contributed by atoms with Crippen molar-refractivity contribution in [3.8, 4) is 11.5 Å². The van der Waals surface area contributed by atoms with E-state index in [4.69, 9.17) is 18.9 Å². The van der Waals surface area contributed by atoms with Crippen molar-refractivity contribution < 1.29 is 28.4 Å². The highest BCUT2D eigenvalue weighted by Crippen LogP contribution is 2.40. The van der Waals surface area contributed by atoms with Crippen LogP contribution in [-0.2, 0) is 33.6 Å². The van der Waals surface area contributed by atoms with E-state index in [1.807, 2.05) is 19.2 Å². The predicted molar refractivity (Wildman–Crippen MR) is 166 cm³/mol. The number of benzene rings is 2. The Balaban J connectivity index is 1.26. The van der Waals surface area contributed by atoms with Crippen molar-refractivity contribution in [1.29, 1.82) is 0 Å². The zero-order chi connectivity index (χ0) is 30.3. The van der Waals surface area contributed by atoms with Crippen molar-refractivity contribution in [3.63, 3.8) is 0 Å². The molecular weight excluding hydrogens is 547 g/mol. The van der Waals surface area contributed by atoms with Crippen LogP contribution >= 0.6 is 0 Å². The largest absolute Gasteiger partial charge is 0.508 e. The number of likely N-dealkylation sites (N-methyl/N-ethyl adjacent to an activating group) is 2. The maximum atomic E-state index is 15.2. The number of methoxy groups -OCH3 is 2. The van der Waals surface area contributed by atoms with Crippen molar-refractivity contribution in [3.05, 3.63) is 82.6 Å².